The van der Waals surface area contributed by atoms with E-state index < -0.39 is 0 Å². The van der Waals surface area contributed by atoms with Crippen LogP contribution in [0.3, 0.4) is 0 Å². The van der Waals surface area contributed by atoms with Crippen molar-refractivity contribution in [2.24, 2.45) is 7.05 Å². The number of rotatable bonds is 1. The largest absolute Gasteiger partial charge is 0.411 e. The molecule has 15 heavy (non-hydrogen) atoms. The molecule has 0 spiro atoms. The summed E-state index contributed by atoms with van der Waals surface area (Å²) >= 11 is 2.16. The Hall–Kier alpha value is -0.985. The molecule has 0 amide bonds. The van der Waals surface area contributed by atoms with Gasteiger partial charge in [-0.3, -0.25) is 0 Å². The number of hydrogen-bond acceptors (Lipinski definition) is 4. The maximum Gasteiger partial charge on any atom is 0.228 e. The summed E-state index contributed by atoms with van der Waals surface area (Å²) in [5.74, 6) is 1.06. The van der Waals surface area contributed by atoms with E-state index in [-0.39, 0.29) is 0 Å². The van der Waals surface area contributed by atoms with Gasteiger partial charge in [-0.15, -0.1) is 0 Å². The maximum atomic E-state index is 5.81. The zero-order chi connectivity index (χ0) is 11.2. The van der Waals surface area contributed by atoms with Crippen LogP contribution in [-0.2, 0) is 7.05 Å². The molecule has 0 fully saturated rings. The first-order chi connectivity index (χ1) is 7.02. The lowest BCUT2D eigenvalue weighted by Crippen LogP contribution is -2.15. The zero-order valence-corrected chi connectivity index (χ0v) is 10.6. The fourth-order valence-electron chi connectivity index (χ4n) is 1.44. The minimum atomic E-state index is 0.471. The molecule has 0 aromatic carbocycles. The van der Waals surface area contributed by atoms with Gasteiger partial charge in [0.1, 0.15) is 17.2 Å². The van der Waals surface area contributed by atoms with Gasteiger partial charge in [0.25, 0.3) is 0 Å². The number of nitrogens with zero attached hydrogens (tertiary/aromatic N) is 4. The van der Waals surface area contributed by atoms with Gasteiger partial charge in [0.2, 0.25) is 7.98 Å². The third kappa shape index (κ3) is 1.54. The highest BCUT2D eigenvalue weighted by molar-refractivity contribution is 14.1. The Labute approximate surface area is 102 Å². The molecule has 0 aliphatic rings. The number of aryl methyl sites for hydroxylation is 1. The van der Waals surface area contributed by atoms with Crippen LogP contribution in [0.2, 0.25) is 0 Å². The van der Waals surface area contributed by atoms with Gasteiger partial charge in [0.15, 0.2) is 0 Å². The number of imidazole rings is 1. The molecular weight excluding hydrogens is 304 g/mol. The molecule has 0 saturated carbocycles. The molecule has 2 aromatic rings. The van der Waals surface area contributed by atoms with Crippen LogP contribution in [0.1, 0.15) is 0 Å². The van der Waals surface area contributed by atoms with E-state index in [2.05, 4.69) is 32.6 Å². The van der Waals surface area contributed by atoms with E-state index in [1.807, 2.05) is 11.6 Å². The minimum absolute atomic E-state index is 0.471. The fraction of sp³-hybridized carbons (Fsp3) is 0.250. The van der Waals surface area contributed by atoms with Crippen LogP contribution < -0.4 is 10.5 Å². The second kappa shape index (κ2) is 3.55. The van der Waals surface area contributed by atoms with Crippen molar-refractivity contribution in [2.75, 3.05) is 17.6 Å². The average molecular weight is 313 g/mol. The molecule has 2 rings (SSSR count). The molecule has 2 radical (unpaired) electrons. The number of nitrogens with two attached hydrogens (primary N) is 1. The summed E-state index contributed by atoms with van der Waals surface area (Å²) in [4.78, 5) is 9.89. The summed E-state index contributed by atoms with van der Waals surface area (Å²) in [5, 5.41) is 0. The van der Waals surface area contributed by atoms with Crippen molar-refractivity contribution in [1.82, 2.24) is 14.5 Å². The predicted molar refractivity (Wildman–Crippen MR) is 69.8 cm³/mol. The molecule has 0 saturated heterocycles. The Morgan fingerprint density at radius 1 is 1.60 bits per heavy atom. The monoisotopic (exact) mass is 313 g/mol. The zero-order valence-electron chi connectivity index (χ0n) is 8.40. The van der Waals surface area contributed by atoms with Crippen molar-refractivity contribution in [1.29, 1.82) is 0 Å². The maximum absolute atomic E-state index is 5.81. The van der Waals surface area contributed by atoms with Gasteiger partial charge in [-0.05, 0) is 29.6 Å². The summed E-state index contributed by atoms with van der Waals surface area (Å²) in [6.45, 7) is 0. The van der Waals surface area contributed by atoms with E-state index in [0.717, 1.165) is 14.6 Å². The van der Waals surface area contributed by atoms with Crippen molar-refractivity contribution >= 4 is 53.2 Å². The van der Waals surface area contributed by atoms with Gasteiger partial charge in [-0.25, -0.2) is 9.97 Å². The molecule has 0 unspecified atom stereocenters. The van der Waals surface area contributed by atoms with Gasteiger partial charge < -0.3 is 15.1 Å². The summed E-state index contributed by atoms with van der Waals surface area (Å²) in [5.41, 5.74) is 7.53. The van der Waals surface area contributed by atoms with Crippen LogP contribution in [0, 0.1) is 3.57 Å². The predicted octanol–water partition coefficient (Wildman–Crippen LogP) is 0.675. The summed E-state index contributed by atoms with van der Waals surface area (Å²) < 4.78 is 2.80. The minimum Gasteiger partial charge on any atom is -0.411 e. The van der Waals surface area contributed by atoms with Gasteiger partial charge in [0, 0.05) is 7.05 Å². The Morgan fingerprint density at radius 2 is 2.27 bits per heavy atom. The Morgan fingerprint density at radius 3 is 2.87 bits per heavy atom. The quantitative estimate of drug-likeness (QED) is 0.621. The molecule has 2 heterocycles. The van der Waals surface area contributed by atoms with Crippen LogP contribution in [-0.4, -0.2) is 29.6 Å². The average Bonchev–Trinajstić information content (AvgIpc) is 2.54. The van der Waals surface area contributed by atoms with Crippen molar-refractivity contribution < 1.29 is 0 Å². The van der Waals surface area contributed by atoms with Gasteiger partial charge in [-0.1, -0.05) is 0 Å². The number of nitrogen functional groups attached to an aromatic ring is 1. The van der Waals surface area contributed by atoms with Crippen molar-refractivity contribution in [2.45, 2.75) is 0 Å². The number of hydrogen-bond donors (Lipinski definition) is 1. The van der Waals surface area contributed by atoms with Crippen LogP contribution >= 0.6 is 22.6 Å². The van der Waals surface area contributed by atoms with Gasteiger partial charge in [0.05, 0.1) is 15.4 Å². The second-order valence-corrected chi connectivity index (χ2v) is 4.38. The van der Waals surface area contributed by atoms with E-state index in [4.69, 9.17) is 13.7 Å². The van der Waals surface area contributed by atoms with Crippen molar-refractivity contribution in [3.8, 4) is 0 Å². The lowest BCUT2D eigenvalue weighted by molar-refractivity contribution is 0.945. The molecule has 2 N–H and O–H groups in total. The van der Waals surface area contributed by atoms with Crippen molar-refractivity contribution in [3.05, 3.63) is 9.90 Å². The molecular formula is C8H9BIN5. The molecule has 5 nitrogen and oxygen atoms in total. The molecule has 7 heteroatoms. The highest BCUT2D eigenvalue weighted by Crippen LogP contribution is 2.29. The first kappa shape index (κ1) is 10.5. The second-order valence-electron chi connectivity index (χ2n) is 3.30. The van der Waals surface area contributed by atoms with Crippen LogP contribution in [0.5, 0.6) is 0 Å². The highest BCUT2D eigenvalue weighted by Gasteiger charge is 2.15. The Balaban J connectivity index is 2.90. The number of pyridine rings is 1. The molecule has 0 atom stereocenters. The molecule has 0 bridgehead atoms. The number of anilines is 2. The first-order valence-electron chi connectivity index (χ1n) is 4.26. The fourth-order valence-corrected chi connectivity index (χ4v) is 2.19. The molecule has 0 aliphatic carbocycles. The normalized spacial score (nSPS) is 10.9. The molecule has 2 aromatic heterocycles. The molecule has 0 aliphatic heterocycles. The standard InChI is InChI=1S/C8H9BIN5/c1-14-3-12-5-6(14)4(10)7(11)13-8(5)15(2)9/h3H,1-2H3,(H2,11,13). The van der Waals surface area contributed by atoms with Gasteiger partial charge >= 0.3 is 0 Å². The lowest BCUT2D eigenvalue weighted by atomic mass is 10.3. The Bertz CT molecular complexity index is 521. The third-order valence-corrected chi connectivity index (χ3v) is 3.21. The molecule has 76 valence electrons. The number of fused-ring (bicyclic) bond motifs is 1. The van der Waals surface area contributed by atoms with Gasteiger partial charge in [-0.2, -0.15) is 0 Å². The topological polar surface area (TPSA) is 60.0 Å². The van der Waals surface area contributed by atoms with E-state index in [9.17, 15) is 0 Å². The van der Waals surface area contributed by atoms with Crippen LogP contribution in [0.15, 0.2) is 6.33 Å². The highest BCUT2D eigenvalue weighted by atomic mass is 127. The number of halogens is 1. The summed E-state index contributed by atoms with van der Waals surface area (Å²) in [6, 6.07) is 0. The first-order valence-corrected chi connectivity index (χ1v) is 5.34. The SMILES string of the molecule is [B]N(C)c1nc(N)c(I)c2c1ncn2C. The third-order valence-electron chi connectivity index (χ3n) is 2.14. The van der Waals surface area contributed by atoms with E-state index in [1.165, 1.54) is 4.81 Å². The summed E-state index contributed by atoms with van der Waals surface area (Å²) in [7, 11) is 9.30. The Kier molecular flexibility index (Phi) is 2.49. The summed E-state index contributed by atoms with van der Waals surface area (Å²) in [6.07, 6.45) is 1.72. The van der Waals surface area contributed by atoms with E-state index in [0.29, 0.717) is 11.6 Å². The number of aromatic nitrogens is 3. The van der Waals surface area contributed by atoms with Crippen molar-refractivity contribution in [3.63, 3.8) is 0 Å². The lowest BCUT2D eigenvalue weighted by Gasteiger charge is -2.14. The van der Waals surface area contributed by atoms with Crippen LogP contribution in [0.25, 0.3) is 11.0 Å². The van der Waals surface area contributed by atoms with E-state index >= 15 is 0 Å². The van der Waals surface area contributed by atoms with Crippen LogP contribution in [0.4, 0.5) is 11.6 Å². The van der Waals surface area contributed by atoms with E-state index in [1.54, 1.807) is 13.4 Å². The smallest absolute Gasteiger partial charge is 0.228 e.